The zero-order chi connectivity index (χ0) is 26.4. The van der Waals surface area contributed by atoms with Gasteiger partial charge in [-0.15, -0.1) is 0 Å². The number of ether oxygens (including phenoxy) is 1. The van der Waals surface area contributed by atoms with E-state index in [1.54, 1.807) is 0 Å². The summed E-state index contributed by atoms with van der Waals surface area (Å²) >= 11 is 0. The molecule has 2 aliphatic rings. The van der Waals surface area contributed by atoms with E-state index in [1.807, 2.05) is 25.1 Å². The topological polar surface area (TPSA) is 107 Å². The molecule has 0 radical (unpaired) electrons. The Morgan fingerprint density at radius 1 is 1.30 bits per heavy atom. The molecule has 0 spiro atoms. The maximum Gasteiger partial charge on any atom is 0.212 e. The molecule has 0 unspecified atom stereocenters. The van der Waals surface area contributed by atoms with Crippen LogP contribution in [0.2, 0.25) is 0 Å². The van der Waals surface area contributed by atoms with Crippen LogP contribution in [-0.2, 0) is 9.53 Å². The van der Waals surface area contributed by atoms with Gasteiger partial charge in [-0.2, -0.15) is 0 Å². The second-order valence-electron chi connectivity index (χ2n) is 10.5. The van der Waals surface area contributed by atoms with Crippen LogP contribution in [0.25, 0.3) is 11.3 Å². The van der Waals surface area contributed by atoms with Crippen LogP contribution in [0.3, 0.4) is 0 Å². The van der Waals surface area contributed by atoms with Gasteiger partial charge in [0.1, 0.15) is 11.4 Å². The van der Waals surface area contributed by atoms with Gasteiger partial charge in [0, 0.05) is 24.7 Å². The van der Waals surface area contributed by atoms with Gasteiger partial charge < -0.3 is 15.0 Å². The Morgan fingerprint density at radius 3 is 2.76 bits per heavy atom. The van der Waals surface area contributed by atoms with Gasteiger partial charge in [0.2, 0.25) is 6.41 Å². The number of carbonyl (C=O) groups is 1. The molecule has 9 heteroatoms. The van der Waals surface area contributed by atoms with E-state index in [-0.39, 0.29) is 17.7 Å². The highest BCUT2D eigenvalue weighted by atomic mass is 16.5. The first-order valence-corrected chi connectivity index (χ1v) is 13.2. The number of hydrogen-bond acceptors (Lipinski definition) is 8. The number of nitrogens with one attached hydrogen (secondary N) is 2. The lowest BCUT2D eigenvalue weighted by molar-refractivity contribution is -0.108. The lowest BCUT2D eigenvalue weighted by Gasteiger charge is -2.40. The quantitative estimate of drug-likeness (QED) is 0.301. The highest BCUT2D eigenvalue weighted by molar-refractivity contribution is 6.00. The van der Waals surface area contributed by atoms with Crippen LogP contribution in [0.5, 0.6) is 0 Å². The van der Waals surface area contributed by atoms with Crippen LogP contribution in [0.15, 0.2) is 29.3 Å². The lowest BCUT2D eigenvalue weighted by atomic mass is 9.82. The molecule has 0 bridgehead atoms. The van der Waals surface area contributed by atoms with E-state index in [2.05, 4.69) is 51.7 Å². The van der Waals surface area contributed by atoms with Crippen molar-refractivity contribution in [2.45, 2.75) is 52.5 Å². The lowest BCUT2D eigenvalue weighted by Crippen LogP contribution is -2.50. The van der Waals surface area contributed by atoms with Gasteiger partial charge in [-0.3, -0.25) is 15.1 Å². The van der Waals surface area contributed by atoms with Crippen molar-refractivity contribution in [3.63, 3.8) is 0 Å². The fourth-order valence-corrected chi connectivity index (χ4v) is 5.31. The first-order valence-electron chi connectivity index (χ1n) is 13.2. The van der Waals surface area contributed by atoms with Gasteiger partial charge in [0.05, 0.1) is 19.9 Å². The van der Waals surface area contributed by atoms with Gasteiger partial charge in [-0.05, 0) is 51.3 Å². The zero-order valence-electron chi connectivity index (χ0n) is 22.2. The van der Waals surface area contributed by atoms with Crippen molar-refractivity contribution in [3.05, 3.63) is 35.7 Å². The standard InChI is InChI=1S/C28H39N7O2/c1-19-8-10-22(11-9-19)15-35(18-34-12-13-37-16-21(34)3)25-24(23-7-5-6-20(2)14-23)32-28(26(29)31-17-36)33-27(25)30-4/h5-7,14,17,19,21-22H,4,8-13,15-16,18H2,1-3H3,(H2,29,31,36)/t19?,21-,22?/m0/s1. The number of aryl methyl sites for hydroxylation is 1. The second kappa shape index (κ2) is 12.4. The van der Waals surface area contributed by atoms with Gasteiger partial charge in [0.15, 0.2) is 17.5 Å². The number of carbonyl (C=O) groups excluding carboxylic acids is 1. The molecule has 2 heterocycles. The summed E-state index contributed by atoms with van der Waals surface area (Å²) in [6.07, 6.45) is 5.34. The van der Waals surface area contributed by atoms with Crippen molar-refractivity contribution in [1.82, 2.24) is 20.2 Å². The van der Waals surface area contributed by atoms with Crippen molar-refractivity contribution < 1.29 is 9.53 Å². The fourth-order valence-electron chi connectivity index (χ4n) is 5.31. The van der Waals surface area contributed by atoms with Crippen molar-refractivity contribution in [1.29, 1.82) is 5.41 Å². The summed E-state index contributed by atoms with van der Waals surface area (Å²) in [6, 6.07) is 8.43. The summed E-state index contributed by atoms with van der Waals surface area (Å²) in [7, 11) is 0. The third-order valence-electron chi connectivity index (χ3n) is 7.52. The summed E-state index contributed by atoms with van der Waals surface area (Å²) < 4.78 is 5.70. The highest BCUT2D eigenvalue weighted by Crippen LogP contribution is 2.39. The van der Waals surface area contributed by atoms with E-state index in [0.29, 0.717) is 43.7 Å². The van der Waals surface area contributed by atoms with Crippen LogP contribution in [0.1, 0.15) is 50.9 Å². The van der Waals surface area contributed by atoms with Crippen LogP contribution in [0, 0.1) is 24.2 Å². The highest BCUT2D eigenvalue weighted by Gasteiger charge is 2.29. The minimum absolute atomic E-state index is 0.112. The Labute approximate surface area is 219 Å². The van der Waals surface area contributed by atoms with Crippen molar-refractivity contribution in [2.24, 2.45) is 16.8 Å². The van der Waals surface area contributed by atoms with Crippen LogP contribution in [-0.4, -0.2) is 72.8 Å². The SMILES string of the molecule is C=Nc1nc(C(=N)NC=O)nc(-c2cccc(C)c2)c1N(CC1CCC(C)CC1)CN1CCOC[C@@H]1C. The Bertz CT molecular complexity index is 1110. The predicted molar refractivity (Wildman–Crippen MR) is 148 cm³/mol. The number of anilines is 1. The van der Waals surface area contributed by atoms with Gasteiger partial charge in [0.25, 0.3) is 0 Å². The van der Waals surface area contributed by atoms with Crippen molar-refractivity contribution >= 4 is 30.5 Å². The first-order chi connectivity index (χ1) is 17.9. The number of aliphatic imine (C=N–C) groups is 1. The monoisotopic (exact) mass is 505 g/mol. The van der Waals surface area contributed by atoms with Gasteiger partial charge in [-0.1, -0.05) is 43.5 Å². The molecule has 1 aliphatic carbocycles. The molecule has 4 rings (SSSR count). The number of benzene rings is 1. The summed E-state index contributed by atoms with van der Waals surface area (Å²) in [5.74, 6) is 1.70. The zero-order valence-corrected chi connectivity index (χ0v) is 22.2. The molecule has 37 heavy (non-hydrogen) atoms. The average Bonchev–Trinajstić information content (AvgIpc) is 2.90. The van der Waals surface area contributed by atoms with Gasteiger partial charge in [-0.25, -0.2) is 15.0 Å². The average molecular weight is 506 g/mol. The minimum Gasteiger partial charge on any atom is -0.379 e. The Morgan fingerprint density at radius 2 is 2.08 bits per heavy atom. The number of nitrogens with zero attached hydrogens (tertiary/aromatic N) is 5. The Balaban J connectivity index is 1.83. The number of rotatable bonds is 9. The molecule has 2 aromatic rings. The van der Waals surface area contributed by atoms with Crippen LogP contribution < -0.4 is 10.2 Å². The van der Waals surface area contributed by atoms with Crippen molar-refractivity contribution in [2.75, 3.05) is 37.9 Å². The summed E-state index contributed by atoms with van der Waals surface area (Å²) in [5, 5.41) is 10.6. The molecule has 1 atom stereocenters. The Hall–Kier alpha value is -3.17. The maximum atomic E-state index is 11.0. The van der Waals surface area contributed by atoms with Crippen LogP contribution >= 0.6 is 0 Å². The number of morpholine rings is 1. The normalized spacial score (nSPS) is 22.3. The third-order valence-corrected chi connectivity index (χ3v) is 7.52. The smallest absolute Gasteiger partial charge is 0.212 e. The molecule has 1 aromatic carbocycles. The molecule has 2 N–H and O–H groups in total. The van der Waals surface area contributed by atoms with E-state index in [1.165, 1.54) is 25.7 Å². The minimum atomic E-state index is -0.171. The Kier molecular flexibility index (Phi) is 9.00. The second-order valence-corrected chi connectivity index (χ2v) is 10.5. The molecule has 1 aliphatic heterocycles. The number of aromatic nitrogens is 2. The van der Waals surface area contributed by atoms with E-state index in [4.69, 9.17) is 15.1 Å². The first kappa shape index (κ1) is 26.9. The molecular weight excluding hydrogens is 466 g/mol. The van der Waals surface area contributed by atoms with E-state index in [0.717, 1.165) is 35.8 Å². The number of hydrogen-bond donors (Lipinski definition) is 2. The molecular formula is C28H39N7O2. The predicted octanol–water partition coefficient (Wildman–Crippen LogP) is 4.17. The summed E-state index contributed by atoms with van der Waals surface area (Å²) in [5.41, 5.74) is 3.53. The molecule has 2 fully saturated rings. The summed E-state index contributed by atoms with van der Waals surface area (Å²) in [4.78, 5) is 29.6. The van der Waals surface area contributed by atoms with E-state index >= 15 is 0 Å². The fraction of sp³-hybridized carbons (Fsp3) is 0.536. The molecule has 9 nitrogen and oxygen atoms in total. The number of amidine groups is 1. The van der Waals surface area contributed by atoms with E-state index < -0.39 is 0 Å². The maximum absolute atomic E-state index is 11.0. The third kappa shape index (κ3) is 6.59. The van der Waals surface area contributed by atoms with Crippen molar-refractivity contribution in [3.8, 4) is 11.3 Å². The molecule has 1 saturated carbocycles. The molecule has 1 amide bonds. The van der Waals surface area contributed by atoms with Gasteiger partial charge >= 0.3 is 0 Å². The molecule has 1 saturated heterocycles. The molecule has 1 aromatic heterocycles. The summed E-state index contributed by atoms with van der Waals surface area (Å²) in [6.45, 7) is 14.2. The molecule has 198 valence electrons. The largest absolute Gasteiger partial charge is 0.379 e. The van der Waals surface area contributed by atoms with E-state index in [9.17, 15) is 4.79 Å². The van der Waals surface area contributed by atoms with Crippen LogP contribution in [0.4, 0.5) is 11.5 Å². The number of amides is 1.